The highest BCUT2D eigenvalue weighted by Gasteiger charge is 2.17. The third-order valence-corrected chi connectivity index (χ3v) is 5.23. The number of nitrogens with one attached hydrogen (secondary N) is 1. The van der Waals surface area contributed by atoms with Crippen LogP contribution in [0.3, 0.4) is 0 Å². The topological polar surface area (TPSA) is 56.2 Å². The lowest BCUT2D eigenvalue weighted by Gasteiger charge is -2.07. The highest BCUT2D eigenvalue weighted by atomic mass is 32.1. The number of rotatable bonds is 7. The number of alkyl halides is 2. The van der Waals surface area contributed by atoms with E-state index in [1.807, 2.05) is 41.8 Å². The van der Waals surface area contributed by atoms with Crippen molar-refractivity contribution in [3.8, 4) is 5.75 Å². The zero-order chi connectivity index (χ0) is 20.2. The van der Waals surface area contributed by atoms with Gasteiger partial charge in [0, 0.05) is 10.3 Å². The van der Waals surface area contributed by atoms with Crippen LogP contribution in [0.1, 0.15) is 20.9 Å². The molecule has 148 valence electrons. The highest BCUT2D eigenvalue weighted by molar-refractivity contribution is 7.09. The van der Waals surface area contributed by atoms with Crippen LogP contribution in [-0.4, -0.2) is 22.3 Å². The Hall–Kier alpha value is -3.26. The van der Waals surface area contributed by atoms with Crippen molar-refractivity contribution >= 4 is 28.1 Å². The lowest BCUT2D eigenvalue weighted by molar-refractivity contribution is -0.0498. The minimum absolute atomic E-state index is 0.0997. The smallest absolute Gasteiger partial charge is 0.387 e. The summed E-state index contributed by atoms with van der Waals surface area (Å²) in [5.41, 5.74) is 2.03. The maximum absolute atomic E-state index is 12.7. The molecule has 2 aromatic heterocycles. The first-order chi connectivity index (χ1) is 14.1. The molecule has 4 aromatic rings. The number of ether oxygens (including phenoxy) is 1. The number of para-hydroxylation sites is 1. The first-order valence-electron chi connectivity index (χ1n) is 8.90. The Morgan fingerprint density at radius 3 is 2.62 bits per heavy atom. The number of benzene rings is 2. The van der Waals surface area contributed by atoms with Gasteiger partial charge in [-0.05, 0) is 35.2 Å². The lowest BCUT2D eigenvalue weighted by atomic mass is 10.2. The molecule has 0 radical (unpaired) electrons. The first-order valence-corrected chi connectivity index (χ1v) is 9.78. The predicted octanol–water partition coefficient (Wildman–Crippen LogP) is 4.68. The third kappa shape index (κ3) is 4.43. The molecule has 0 saturated carbocycles. The summed E-state index contributed by atoms with van der Waals surface area (Å²) >= 11 is 1.58. The monoisotopic (exact) mass is 413 g/mol. The summed E-state index contributed by atoms with van der Waals surface area (Å²) in [7, 11) is 0. The quantitative estimate of drug-likeness (QED) is 0.479. The Kier molecular flexibility index (Phi) is 5.53. The Morgan fingerprint density at radius 2 is 1.90 bits per heavy atom. The van der Waals surface area contributed by atoms with Crippen molar-refractivity contribution in [2.45, 2.75) is 19.7 Å². The third-order valence-electron chi connectivity index (χ3n) is 4.36. The molecule has 0 aliphatic carbocycles. The predicted molar refractivity (Wildman–Crippen MR) is 107 cm³/mol. The van der Waals surface area contributed by atoms with Crippen LogP contribution < -0.4 is 10.1 Å². The molecule has 29 heavy (non-hydrogen) atoms. The zero-order valence-corrected chi connectivity index (χ0v) is 16.0. The van der Waals surface area contributed by atoms with Crippen LogP contribution in [0.25, 0.3) is 10.9 Å². The highest BCUT2D eigenvalue weighted by Crippen LogP contribution is 2.21. The van der Waals surface area contributed by atoms with E-state index in [1.54, 1.807) is 28.2 Å². The second kappa shape index (κ2) is 8.40. The van der Waals surface area contributed by atoms with Crippen molar-refractivity contribution in [1.82, 2.24) is 15.1 Å². The molecule has 1 amide bonds. The second-order valence-corrected chi connectivity index (χ2v) is 7.34. The SMILES string of the molecule is O=C(NCc1cccs1)c1nn(Cc2ccc(OC(F)F)cc2)c2ccccc12. The van der Waals surface area contributed by atoms with Gasteiger partial charge in [-0.25, -0.2) is 0 Å². The molecule has 4 rings (SSSR count). The molecular formula is C21H17F2N3O2S. The fraction of sp³-hybridized carbons (Fsp3) is 0.143. The van der Waals surface area contributed by atoms with E-state index in [9.17, 15) is 13.6 Å². The molecule has 0 bridgehead atoms. The molecular weight excluding hydrogens is 396 g/mol. The molecule has 0 atom stereocenters. The van der Waals surface area contributed by atoms with Gasteiger partial charge in [-0.2, -0.15) is 13.9 Å². The van der Waals surface area contributed by atoms with Crippen LogP contribution in [-0.2, 0) is 13.1 Å². The summed E-state index contributed by atoms with van der Waals surface area (Å²) in [5.74, 6) is -0.142. The molecule has 1 N–H and O–H groups in total. The van der Waals surface area contributed by atoms with Gasteiger partial charge in [0.2, 0.25) is 0 Å². The fourth-order valence-corrected chi connectivity index (χ4v) is 3.67. The number of halogens is 2. The van der Waals surface area contributed by atoms with Crippen molar-refractivity contribution < 1.29 is 18.3 Å². The summed E-state index contributed by atoms with van der Waals surface area (Å²) in [6, 6.07) is 17.8. The molecule has 8 heteroatoms. The maximum atomic E-state index is 12.7. The summed E-state index contributed by atoms with van der Waals surface area (Å²) in [4.78, 5) is 13.8. The number of amides is 1. The molecule has 0 fully saturated rings. The van der Waals surface area contributed by atoms with Gasteiger partial charge in [0.1, 0.15) is 5.75 Å². The average Bonchev–Trinajstić information content (AvgIpc) is 3.36. The van der Waals surface area contributed by atoms with Gasteiger partial charge in [0.25, 0.3) is 5.91 Å². The number of aromatic nitrogens is 2. The molecule has 2 heterocycles. The van der Waals surface area contributed by atoms with E-state index in [0.29, 0.717) is 18.8 Å². The average molecular weight is 413 g/mol. The van der Waals surface area contributed by atoms with Gasteiger partial charge in [0.15, 0.2) is 5.69 Å². The minimum Gasteiger partial charge on any atom is -0.435 e. The zero-order valence-electron chi connectivity index (χ0n) is 15.2. The lowest BCUT2D eigenvalue weighted by Crippen LogP contribution is -2.23. The number of hydrogen-bond acceptors (Lipinski definition) is 4. The van der Waals surface area contributed by atoms with E-state index in [2.05, 4.69) is 15.2 Å². The minimum atomic E-state index is -2.86. The van der Waals surface area contributed by atoms with E-state index in [4.69, 9.17) is 0 Å². The van der Waals surface area contributed by atoms with Crippen LogP contribution in [0.2, 0.25) is 0 Å². The first kappa shape index (κ1) is 19.1. The Balaban J connectivity index is 1.56. The molecule has 0 aliphatic rings. The summed E-state index contributed by atoms with van der Waals surface area (Å²) in [6.07, 6.45) is 0. The van der Waals surface area contributed by atoms with Crippen LogP contribution in [0, 0.1) is 0 Å². The summed E-state index contributed by atoms with van der Waals surface area (Å²) < 4.78 is 30.7. The number of carbonyl (C=O) groups excluding carboxylic acids is 1. The van der Waals surface area contributed by atoms with Crippen molar-refractivity contribution in [1.29, 1.82) is 0 Å². The van der Waals surface area contributed by atoms with Crippen molar-refractivity contribution in [3.05, 3.63) is 82.2 Å². The Morgan fingerprint density at radius 1 is 1.10 bits per heavy atom. The Labute approximate surface area is 169 Å². The number of fused-ring (bicyclic) bond motifs is 1. The largest absolute Gasteiger partial charge is 0.435 e. The van der Waals surface area contributed by atoms with Gasteiger partial charge in [0.05, 0.1) is 18.6 Å². The van der Waals surface area contributed by atoms with E-state index in [0.717, 1.165) is 21.3 Å². The van der Waals surface area contributed by atoms with Crippen LogP contribution >= 0.6 is 11.3 Å². The van der Waals surface area contributed by atoms with Crippen molar-refractivity contribution in [2.24, 2.45) is 0 Å². The van der Waals surface area contributed by atoms with Crippen LogP contribution in [0.5, 0.6) is 5.75 Å². The number of hydrogen-bond donors (Lipinski definition) is 1. The molecule has 0 unspecified atom stereocenters. The van der Waals surface area contributed by atoms with E-state index in [1.165, 1.54) is 12.1 Å². The van der Waals surface area contributed by atoms with E-state index < -0.39 is 6.61 Å². The van der Waals surface area contributed by atoms with E-state index >= 15 is 0 Å². The number of thiophene rings is 1. The molecule has 2 aromatic carbocycles. The molecule has 5 nitrogen and oxygen atoms in total. The Bertz CT molecular complexity index is 1110. The van der Waals surface area contributed by atoms with Gasteiger partial charge < -0.3 is 10.1 Å². The van der Waals surface area contributed by atoms with Gasteiger partial charge in [-0.1, -0.05) is 36.4 Å². The number of nitrogens with zero attached hydrogens (tertiary/aromatic N) is 2. The number of carbonyl (C=O) groups is 1. The van der Waals surface area contributed by atoms with Crippen LogP contribution in [0.4, 0.5) is 8.78 Å². The van der Waals surface area contributed by atoms with Crippen molar-refractivity contribution in [3.63, 3.8) is 0 Å². The van der Waals surface area contributed by atoms with Gasteiger partial charge >= 0.3 is 6.61 Å². The molecule has 0 spiro atoms. The fourth-order valence-electron chi connectivity index (χ4n) is 3.03. The summed E-state index contributed by atoms with van der Waals surface area (Å²) in [6.45, 7) is -2.01. The normalized spacial score (nSPS) is 11.1. The molecule has 0 saturated heterocycles. The maximum Gasteiger partial charge on any atom is 0.387 e. The van der Waals surface area contributed by atoms with Gasteiger partial charge in [-0.3, -0.25) is 9.48 Å². The molecule has 0 aliphatic heterocycles. The summed E-state index contributed by atoms with van der Waals surface area (Å²) in [5, 5.41) is 10.1. The second-order valence-electron chi connectivity index (χ2n) is 6.31. The van der Waals surface area contributed by atoms with E-state index in [-0.39, 0.29) is 11.7 Å². The van der Waals surface area contributed by atoms with Crippen LogP contribution in [0.15, 0.2) is 66.0 Å². The van der Waals surface area contributed by atoms with Gasteiger partial charge in [-0.15, -0.1) is 11.3 Å². The standard InChI is InChI=1S/C21H17F2N3O2S/c22-21(23)28-15-9-7-14(8-10-15)13-26-18-6-2-1-5-17(18)19(25-26)20(27)24-12-16-4-3-11-29-16/h1-11,21H,12-13H2,(H,24,27). The van der Waals surface area contributed by atoms with Crippen molar-refractivity contribution in [2.75, 3.05) is 0 Å².